The standard InChI is InChI=1S/C14H16BrN3/c1-10-6-14(18-9-12(15)8-17-18)5-2-11(10)7-16-13-3-4-13/h2,5-6,8-9,13,16H,3-4,7H2,1H3. The summed E-state index contributed by atoms with van der Waals surface area (Å²) in [6, 6.07) is 7.25. The van der Waals surface area contributed by atoms with Crippen molar-refractivity contribution in [2.45, 2.75) is 32.4 Å². The molecular weight excluding hydrogens is 290 g/mol. The first-order valence-electron chi connectivity index (χ1n) is 6.26. The summed E-state index contributed by atoms with van der Waals surface area (Å²) in [5, 5.41) is 7.84. The highest BCUT2D eigenvalue weighted by molar-refractivity contribution is 9.10. The molecule has 1 heterocycles. The summed E-state index contributed by atoms with van der Waals surface area (Å²) in [5.41, 5.74) is 3.79. The van der Waals surface area contributed by atoms with Crippen LogP contribution in [0.25, 0.3) is 5.69 Å². The van der Waals surface area contributed by atoms with Crippen molar-refractivity contribution < 1.29 is 0 Å². The minimum Gasteiger partial charge on any atom is -0.310 e. The maximum atomic E-state index is 4.30. The Bertz CT molecular complexity index is 558. The molecule has 94 valence electrons. The molecule has 0 atom stereocenters. The number of nitrogens with zero attached hydrogens (tertiary/aromatic N) is 2. The molecule has 3 nitrogen and oxygen atoms in total. The Morgan fingerprint density at radius 3 is 2.89 bits per heavy atom. The number of aryl methyl sites for hydroxylation is 1. The molecule has 0 saturated heterocycles. The summed E-state index contributed by atoms with van der Waals surface area (Å²) in [6.45, 7) is 3.13. The van der Waals surface area contributed by atoms with E-state index >= 15 is 0 Å². The van der Waals surface area contributed by atoms with Crippen LogP contribution in [0.2, 0.25) is 0 Å². The topological polar surface area (TPSA) is 29.9 Å². The van der Waals surface area contributed by atoms with Gasteiger partial charge < -0.3 is 5.32 Å². The smallest absolute Gasteiger partial charge is 0.0648 e. The lowest BCUT2D eigenvalue weighted by molar-refractivity contribution is 0.685. The van der Waals surface area contributed by atoms with Crippen LogP contribution in [0.5, 0.6) is 0 Å². The molecule has 1 aromatic carbocycles. The molecule has 0 bridgehead atoms. The molecule has 4 heteroatoms. The van der Waals surface area contributed by atoms with Crippen molar-refractivity contribution in [1.82, 2.24) is 15.1 Å². The van der Waals surface area contributed by atoms with Crippen LogP contribution in [0.4, 0.5) is 0 Å². The van der Waals surface area contributed by atoms with Gasteiger partial charge >= 0.3 is 0 Å². The molecule has 3 rings (SSSR count). The van der Waals surface area contributed by atoms with E-state index in [1.165, 1.54) is 24.0 Å². The molecule has 2 aromatic rings. The minimum absolute atomic E-state index is 0.756. The van der Waals surface area contributed by atoms with Crippen molar-refractivity contribution in [3.8, 4) is 5.69 Å². The molecule has 1 fully saturated rings. The molecule has 1 N–H and O–H groups in total. The molecule has 18 heavy (non-hydrogen) atoms. The predicted molar refractivity (Wildman–Crippen MR) is 75.9 cm³/mol. The minimum atomic E-state index is 0.756. The largest absolute Gasteiger partial charge is 0.310 e. The highest BCUT2D eigenvalue weighted by atomic mass is 79.9. The first-order chi connectivity index (χ1) is 8.72. The van der Waals surface area contributed by atoms with E-state index < -0.39 is 0 Å². The fourth-order valence-electron chi connectivity index (χ4n) is 2.00. The molecule has 1 saturated carbocycles. The molecular formula is C14H16BrN3. The van der Waals surface area contributed by atoms with Gasteiger partial charge in [0.25, 0.3) is 0 Å². The fraction of sp³-hybridized carbons (Fsp3) is 0.357. The van der Waals surface area contributed by atoms with E-state index in [2.05, 4.69) is 51.5 Å². The predicted octanol–water partition coefficient (Wildman–Crippen LogP) is 3.20. The second kappa shape index (κ2) is 4.86. The van der Waals surface area contributed by atoms with Crippen LogP contribution in [0.15, 0.2) is 35.1 Å². The highest BCUT2D eigenvalue weighted by Gasteiger charge is 2.20. The molecule has 1 aromatic heterocycles. The Hall–Kier alpha value is -1.13. The number of hydrogen-bond donors (Lipinski definition) is 1. The Balaban J connectivity index is 1.79. The second-order valence-corrected chi connectivity index (χ2v) is 5.78. The summed E-state index contributed by atoms with van der Waals surface area (Å²) in [6.07, 6.45) is 6.44. The number of halogens is 1. The number of hydrogen-bond acceptors (Lipinski definition) is 2. The molecule has 0 unspecified atom stereocenters. The van der Waals surface area contributed by atoms with Gasteiger partial charge in [-0.2, -0.15) is 5.10 Å². The Kier molecular flexibility index (Phi) is 3.22. The Morgan fingerprint density at radius 1 is 1.44 bits per heavy atom. The van der Waals surface area contributed by atoms with Gasteiger partial charge in [0.05, 0.1) is 16.4 Å². The van der Waals surface area contributed by atoms with Gasteiger partial charge in [-0.05, 0) is 59.0 Å². The van der Waals surface area contributed by atoms with E-state index in [0.29, 0.717) is 0 Å². The van der Waals surface area contributed by atoms with Crippen LogP contribution in [0, 0.1) is 6.92 Å². The van der Waals surface area contributed by atoms with E-state index in [4.69, 9.17) is 0 Å². The highest BCUT2D eigenvalue weighted by Crippen LogP contribution is 2.21. The molecule has 1 aliphatic rings. The lowest BCUT2D eigenvalue weighted by Gasteiger charge is -2.09. The summed E-state index contributed by atoms with van der Waals surface area (Å²) < 4.78 is 2.88. The van der Waals surface area contributed by atoms with Gasteiger partial charge in [-0.15, -0.1) is 0 Å². The van der Waals surface area contributed by atoms with E-state index in [-0.39, 0.29) is 0 Å². The number of aromatic nitrogens is 2. The molecule has 0 amide bonds. The van der Waals surface area contributed by atoms with Crippen LogP contribution in [-0.4, -0.2) is 15.8 Å². The van der Waals surface area contributed by atoms with Crippen LogP contribution >= 0.6 is 15.9 Å². The first kappa shape index (κ1) is 11.9. The third-order valence-electron chi connectivity index (χ3n) is 3.30. The maximum Gasteiger partial charge on any atom is 0.0648 e. The van der Waals surface area contributed by atoms with Crippen molar-refractivity contribution in [3.63, 3.8) is 0 Å². The van der Waals surface area contributed by atoms with Gasteiger partial charge in [-0.25, -0.2) is 4.68 Å². The van der Waals surface area contributed by atoms with Crippen molar-refractivity contribution >= 4 is 15.9 Å². The SMILES string of the molecule is Cc1cc(-n2cc(Br)cn2)ccc1CNC1CC1. The zero-order valence-electron chi connectivity index (χ0n) is 10.4. The van der Waals surface area contributed by atoms with Gasteiger partial charge in [-0.3, -0.25) is 0 Å². The zero-order valence-corrected chi connectivity index (χ0v) is 11.9. The maximum absolute atomic E-state index is 4.30. The van der Waals surface area contributed by atoms with E-state index in [9.17, 15) is 0 Å². The average molecular weight is 306 g/mol. The third-order valence-corrected chi connectivity index (χ3v) is 3.71. The monoisotopic (exact) mass is 305 g/mol. The third kappa shape index (κ3) is 2.65. The van der Waals surface area contributed by atoms with Gasteiger partial charge in [0, 0.05) is 18.8 Å². The van der Waals surface area contributed by atoms with Crippen molar-refractivity contribution in [2.75, 3.05) is 0 Å². The van der Waals surface area contributed by atoms with Crippen molar-refractivity contribution in [3.05, 3.63) is 46.2 Å². The van der Waals surface area contributed by atoms with Crippen LogP contribution in [0.1, 0.15) is 24.0 Å². The van der Waals surface area contributed by atoms with Gasteiger partial charge in [-0.1, -0.05) is 6.07 Å². The van der Waals surface area contributed by atoms with E-state index in [0.717, 1.165) is 22.7 Å². The lowest BCUT2D eigenvalue weighted by atomic mass is 10.1. The average Bonchev–Trinajstić information content (AvgIpc) is 3.08. The summed E-state index contributed by atoms with van der Waals surface area (Å²) >= 11 is 3.42. The van der Waals surface area contributed by atoms with Crippen LogP contribution in [-0.2, 0) is 6.54 Å². The zero-order chi connectivity index (χ0) is 12.5. The van der Waals surface area contributed by atoms with Crippen molar-refractivity contribution in [2.24, 2.45) is 0 Å². The first-order valence-corrected chi connectivity index (χ1v) is 7.05. The fourth-order valence-corrected chi connectivity index (χ4v) is 2.29. The molecule has 0 aliphatic heterocycles. The molecule has 0 radical (unpaired) electrons. The van der Waals surface area contributed by atoms with E-state index in [1.54, 1.807) is 6.20 Å². The van der Waals surface area contributed by atoms with Crippen LogP contribution in [0.3, 0.4) is 0 Å². The normalized spacial score (nSPS) is 15.0. The van der Waals surface area contributed by atoms with Crippen molar-refractivity contribution in [1.29, 1.82) is 0 Å². The van der Waals surface area contributed by atoms with Gasteiger partial charge in [0.2, 0.25) is 0 Å². The number of benzene rings is 1. The summed E-state index contributed by atoms with van der Waals surface area (Å²) in [7, 11) is 0. The Labute approximate surface area is 115 Å². The Morgan fingerprint density at radius 2 is 2.28 bits per heavy atom. The quantitative estimate of drug-likeness (QED) is 0.940. The van der Waals surface area contributed by atoms with Crippen LogP contribution < -0.4 is 5.32 Å². The summed E-state index contributed by atoms with van der Waals surface area (Å²) in [4.78, 5) is 0. The summed E-state index contributed by atoms with van der Waals surface area (Å²) in [5.74, 6) is 0. The van der Waals surface area contributed by atoms with Gasteiger partial charge in [0.15, 0.2) is 0 Å². The molecule has 1 aliphatic carbocycles. The van der Waals surface area contributed by atoms with E-state index in [1.807, 2.05) is 10.9 Å². The lowest BCUT2D eigenvalue weighted by Crippen LogP contribution is -2.16. The van der Waals surface area contributed by atoms with Gasteiger partial charge in [0.1, 0.15) is 0 Å². The second-order valence-electron chi connectivity index (χ2n) is 4.87. The molecule has 0 spiro atoms. The number of nitrogens with one attached hydrogen (secondary N) is 1. The number of rotatable bonds is 4.